The molecule has 0 saturated heterocycles. The van der Waals surface area contributed by atoms with Crippen LogP contribution in [-0.4, -0.2) is 10.9 Å². The van der Waals surface area contributed by atoms with Gasteiger partial charge in [-0.3, -0.25) is 4.79 Å². The molecule has 112 valence electrons. The molecule has 2 aromatic heterocycles. The maximum absolute atomic E-state index is 11.9. The van der Waals surface area contributed by atoms with Crippen molar-refractivity contribution in [1.82, 2.24) is 4.98 Å². The van der Waals surface area contributed by atoms with E-state index in [2.05, 4.69) is 32.9 Å². The second-order valence-electron chi connectivity index (χ2n) is 4.67. The van der Waals surface area contributed by atoms with Crippen LogP contribution in [0.4, 0.5) is 5.13 Å². The van der Waals surface area contributed by atoms with Crippen LogP contribution in [0, 0.1) is 3.57 Å². The van der Waals surface area contributed by atoms with Gasteiger partial charge in [-0.2, -0.15) is 0 Å². The lowest BCUT2D eigenvalue weighted by atomic mass is 10.2. The number of aryl methyl sites for hydroxylation is 1. The summed E-state index contributed by atoms with van der Waals surface area (Å²) in [6.07, 6.45) is 2.58. The zero-order valence-electron chi connectivity index (χ0n) is 11.6. The molecule has 1 aromatic carbocycles. The quantitative estimate of drug-likeness (QED) is 0.611. The second kappa shape index (κ2) is 7.06. The van der Waals surface area contributed by atoms with Crippen molar-refractivity contribution in [3.63, 3.8) is 0 Å². The molecule has 0 unspecified atom stereocenters. The molecule has 0 fully saturated rings. The number of anilines is 1. The van der Waals surface area contributed by atoms with E-state index in [1.54, 1.807) is 6.26 Å². The SMILES string of the molecule is O=C(CCc1ccco1)Nc1nc(-c2ccc(I)cc2)cs1. The van der Waals surface area contributed by atoms with Gasteiger partial charge in [-0.05, 0) is 46.9 Å². The average molecular weight is 424 g/mol. The molecule has 6 heteroatoms. The van der Waals surface area contributed by atoms with Crippen molar-refractivity contribution in [2.75, 3.05) is 5.32 Å². The van der Waals surface area contributed by atoms with Gasteiger partial charge in [-0.25, -0.2) is 4.98 Å². The number of benzene rings is 1. The minimum atomic E-state index is -0.0556. The first kappa shape index (κ1) is 15.2. The minimum Gasteiger partial charge on any atom is -0.469 e. The van der Waals surface area contributed by atoms with Crippen LogP contribution in [0.2, 0.25) is 0 Å². The van der Waals surface area contributed by atoms with Gasteiger partial charge in [0.2, 0.25) is 5.91 Å². The van der Waals surface area contributed by atoms with Crippen LogP contribution < -0.4 is 5.32 Å². The van der Waals surface area contributed by atoms with Gasteiger partial charge in [-0.1, -0.05) is 12.1 Å². The first-order valence-corrected chi connectivity index (χ1v) is 8.70. The topological polar surface area (TPSA) is 55.1 Å². The molecular formula is C16H13IN2O2S. The lowest BCUT2D eigenvalue weighted by molar-refractivity contribution is -0.116. The number of thiazole rings is 1. The predicted octanol–water partition coefficient (Wildman–Crippen LogP) is 4.58. The normalized spacial score (nSPS) is 10.6. The summed E-state index contributed by atoms with van der Waals surface area (Å²) in [6, 6.07) is 11.8. The number of nitrogens with zero attached hydrogens (tertiary/aromatic N) is 1. The highest BCUT2D eigenvalue weighted by Gasteiger charge is 2.09. The van der Waals surface area contributed by atoms with Crippen molar-refractivity contribution in [2.24, 2.45) is 0 Å². The number of nitrogens with one attached hydrogen (secondary N) is 1. The Morgan fingerprint density at radius 3 is 2.82 bits per heavy atom. The highest BCUT2D eigenvalue weighted by atomic mass is 127. The Morgan fingerprint density at radius 1 is 1.27 bits per heavy atom. The molecule has 3 rings (SSSR count). The molecule has 2 heterocycles. The third-order valence-corrected chi connectivity index (χ3v) is 4.55. The number of aromatic nitrogens is 1. The number of carbonyl (C=O) groups excluding carboxylic acids is 1. The highest BCUT2D eigenvalue weighted by Crippen LogP contribution is 2.25. The van der Waals surface area contributed by atoms with Gasteiger partial charge in [0, 0.05) is 27.4 Å². The molecule has 0 aliphatic heterocycles. The van der Waals surface area contributed by atoms with E-state index >= 15 is 0 Å². The molecule has 0 aliphatic carbocycles. The van der Waals surface area contributed by atoms with E-state index in [0.29, 0.717) is 18.0 Å². The maximum atomic E-state index is 11.9. The van der Waals surface area contributed by atoms with Crippen molar-refractivity contribution in [1.29, 1.82) is 0 Å². The first-order valence-electron chi connectivity index (χ1n) is 6.74. The van der Waals surface area contributed by atoms with Crippen molar-refractivity contribution >= 4 is 45.0 Å². The molecule has 0 atom stereocenters. The highest BCUT2D eigenvalue weighted by molar-refractivity contribution is 14.1. The smallest absolute Gasteiger partial charge is 0.226 e. The standard InChI is InChI=1S/C16H13IN2O2S/c17-12-5-3-11(4-6-12)14-10-22-16(18-14)19-15(20)8-7-13-2-1-9-21-13/h1-6,9-10H,7-8H2,(H,18,19,20). The predicted molar refractivity (Wildman–Crippen MR) is 95.9 cm³/mol. The largest absolute Gasteiger partial charge is 0.469 e. The number of amides is 1. The molecule has 1 amide bonds. The summed E-state index contributed by atoms with van der Waals surface area (Å²) in [6.45, 7) is 0. The maximum Gasteiger partial charge on any atom is 0.226 e. The minimum absolute atomic E-state index is 0.0556. The molecule has 0 bridgehead atoms. The Labute approximate surface area is 145 Å². The van der Waals surface area contributed by atoms with Gasteiger partial charge in [0.15, 0.2) is 5.13 Å². The number of hydrogen-bond acceptors (Lipinski definition) is 4. The molecular weight excluding hydrogens is 411 g/mol. The Bertz CT molecular complexity index is 751. The number of furan rings is 1. The Balaban J connectivity index is 1.59. The molecule has 0 saturated carbocycles. The summed E-state index contributed by atoms with van der Waals surface area (Å²) in [4.78, 5) is 16.4. The van der Waals surface area contributed by atoms with Crippen LogP contribution in [0.1, 0.15) is 12.2 Å². The zero-order chi connectivity index (χ0) is 15.4. The van der Waals surface area contributed by atoms with E-state index in [9.17, 15) is 4.79 Å². The lowest BCUT2D eigenvalue weighted by Crippen LogP contribution is -2.11. The van der Waals surface area contributed by atoms with E-state index in [4.69, 9.17) is 4.42 Å². The Kier molecular flexibility index (Phi) is 4.89. The van der Waals surface area contributed by atoms with Crippen LogP contribution in [-0.2, 0) is 11.2 Å². The summed E-state index contributed by atoms with van der Waals surface area (Å²) in [5.41, 5.74) is 1.93. The van der Waals surface area contributed by atoms with Crippen LogP contribution in [0.3, 0.4) is 0 Å². The van der Waals surface area contributed by atoms with E-state index < -0.39 is 0 Å². The van der Waals surface area contributed by atoms with E-state index in [-0.39, 0.29) is 5.91 Å². The molecule has 1 N–H and O–H groups in total. The van der Waals surface area contributed by atoms with Gasteiger partial charge in [0.25, 0.3) is 0 Å². The number of rotatable bonds is 5. The van der Waals surface area contributed by atoms with Crippen LogP contribution >= 0.6 is 33.9 Å². The van der Waals surface area contributed by atoms with E-state index in [0.717, 1.165) is 17.0 Å². The third kappa shape index (κ3) is 3.95. The summed E-state index contributed by atoms with van der Waals surface area (Å²) in [7, 11) is 0. The van der Waals surface area contributed by atoms with Crippen LogP contribution in [0.25, 0.3) is 11.3 Å². The molecule has 22 heavy (non-hydrogen) atoms. The molecule has 0 aliphatic rings. The van der Waals surface area contributed by atoms with E-state index in [1.165, 1.54) is 14.9 Å². The monoisotopic (exact) mass is 424 g/mol. The summed E-state index contributed by atoms with van der Waals surface area (Å²) >= 11 is 3.70. The van der Waals surface area contributed by atoms with Gasteiger partial charge >= 0.3 is 0 Å². The van der Waals surface area contributed by atoms with Crippen LogP contribution in [0.5, 0.6) is 0 Å². The summed E-state index contributed by atoms with van der Waals surface area (Å²) < 4.78 is 6.40. The third-order valence-electron chi connectivity index (χ3n) is 3.07. The number of halogens is 1. The fourth-order valence-corrected chi connectivity index (χ4v) is 3.05. The number of hydrogen-bond donors (Lipinski definition) is 1. The first-order chi connectivity index (χ1) is 10.7. The second-order valence-corrected chi connectivity index (χ2v) is 6.78. The fraction of sp³-hybridized carbons (Fsp3) is 0.125. The van der Waals surface area contributed by atoms with Crippen molar-refractivity contribution in [3.05, 3.63) is 57.4 Å². The van der Waals surface area contributed by atoms with Gasteiger partial charge < -0.3 is 9.73 Å². The van der Waals surface area contributed by atoms with Gasteiger partial charge in [0.1, 0.15) is 5.76 Å². The zero-order valence-corrected chi connectivity index (χ0v) is 14.6. The lowest BCUT2D eigenvalue weighted by Gasteiger charge is -2.00. The van der Waals surface area contributed by atoms with Gasteiger partial charge in [0.05, 0.1) is 12.0 Å². The summed E-state index contributed by atoms with van der Waals surface area (Å²) in [5, 5.41) is 5.40. The Morgan fingerprint density at radius 2 is 2.09 bits per heavy atom. The van der Waals surface area contributed by atoms with Gasteiger partial charge in [-0.15, -0.1) is 11.3 Å². The molecule has 0 spiro atoms. The average Bonchev–Trinajstić information content (AvgIpc) is 3.17. The van der Waals surface area contributed by atoms with Crippen molar-refractivity contribution in [3.8, 4) is 11.3 Å². The number of carbonyl (C=O) groups is 1. The van der Waals surface area contributed by atoms with Crippen LogP contribution in [0.15, 0.2) is 52.5 Å². The van der Waals surface area contributed by atoms with Crippen molar-refractivity contribution in [2.45, 2.75) is 12.8 Å². The van der Waals surface area contributed by atoms with Crippen molar-refractivity contribution < 1.29 is 9.21 Å². The molecule has 4 nitrogen and oxygen atoms in total. The Hall–Kier alpha value is -1.67. The summed E-state index contributed by atoms with van der Waals surface area (Å²) in [5.74, 6) is 0.758. The molecule has 3 aromatic rings. The molecule has 0 radical (unpaired) electrons. The fourth-order valence-electron chi connectivity index (χ4n) is 1.96. The van der Waals surface area contributed by atoms with E-state index in [1.807, 2.05) is 41.8 Å².